The molecule has 2 aromatic rings. The first kappa shape index (κ1) is 22.3. The van der Waals surface area contributed by atoms with E-state index < -0.39 is 0 Å². The largest absolute Gasteiger partial charge is 0.482 e. The van der Waals surface area contributed by atoms with Crippen molar-refractivity contribution in [3.63, 3.8) is 0 Å². The van der Waals surface area contributed by atoms with Crippen LogP contribution in [0.5, 0.6) is 5.75 Å². The Morgan fingerprint density at radius 2 is 1.93 bits per heavy atom. The third-order valence-corrected chi connectivity index (χ3v) is 4.66. The summed E-state index contributed by atoms with van der Waals surface area (Å²) in [4.78, 5) is 18.2. The highest BCUT2D eigenvalue weighted by molar-refractivity contribution is 14.0. The third kappa shape index (κ3) is 5.75. The fourth-order valence-electron chi connectivity index (χ4n) is 2.88. The molecule has 0 fully saturated rings. The summed E-state index contributed by atoms with van der Waals surface area (Å²) in [6.07, 6.45) is 0.785. The normalized spacial score (nSPS) is 13.3. The molecule has 0 saturated heterocycles. The van der Waals surface area contributed by atoms with Crippen molar-refractivity contribution < 1.29 is 9.53 Å². The van der Waals surface area contributed by atoms with Gasteiger partial charge in [-0.2, -0.15) is 0 Å². The average molecular weight is 515 g/mol. The van der Waals surface area contributed by atoms with Crippen LogP contribution in [0.3, 0.4) is 0 Å². The van der Waals surface area contributed by atoms with Crippen molar-refractivity contribution in [1.29, 1.82) is 0 Å². The van der Waals surface area contributed by atoms with E-state index in [1.54, 1.807) is 11.9 Å². The van der Waals surface area contributed by atoms with E-state index in [4.69, 9.17) is 16.3 Å². The summed E-state index contributed by atoms with van der Waals surface area (Å²) in [5.74, 6) is 1.43. The Labute approximate surface area is 187 Å². The molecule has 0 atom stereocenters. The molecule has 28 heavy (non-hydrogen) atoms. The fraction of sp³-hybridized carbons (Fsp3) is 0.300. The van der Waals surface area contributed by atoms with Gasteiger partial charge in [-0.05, 0) is 30.2 Å². The number of para-hydroxylation sites is 2. The zero-order chi connectivity index (χ0) is 19.1. The highest BCUT2D eigenvalue weighted by atomic mass is 127. The molecule has 0 aromatic heterocycles. The second-order valence-corrected chi connectivity index (χ2v) is 6.51. The smallest absolute Gasteiger partial charge is 0.265 e. The van der Waals surface area contributed by atoms with E-state index in [2.05, 4.69) is 15.6 Å². The number of nitrogens with zero attached hydrogens (tertiary/aromatic N) is 2. The average Bonchev–Trinajstić information content (AvgIpc) is 2.70. The van der Waals surface area contributed by atoms with Crippen LogP contribution in [-0.2, 0) is 11.3 Å². The number of aliphatic imine (C=N–C) groups is 1. The highest BCUT2D eigenvalue weighted by Crippen LogP contribution is 2.31. The Kier molecular flexibility index (Phi) is 8.85. The number of guanidine groups is 1. The standard InChI is InChI=1S/C20H23ClN4O2.HI/c1-22-20(24-13-15-7-2-3-8-16(15)21)23-11-6-12-25-17-9-4-5-10-18(17)27-14-19(25)26;/h2-5,7-10H,6,11-14H2,1H3,(H2,22,23,24);1H. The van der Waals surface area contributed by atoms with E-state index in [9.17, 15) is 4.79 Å². The van der Waals surface area contributed by atoms with Gasteiger partial charge in [0.05, 0.1) is 5.69 Å². The molecule has 1 amide bonds. The van der Waals surface area contributed by atoms with Crippen molar-refractivity contribution in [3.05, 3.63) is 59.1 Å². The Morgan fingerprint density at radius 3 is 2.71 bits per heavy atom. The lowest BCUT2D eigenvalue weighted by Crippen LogP contribution is -2.42. The molecule has 0 aliphatic carbocycles. The number of nitrogens with one attached hydrogen (secondary N) is 2. The van der Waals surface area contributed by atoms with Crippen LogP contribution >= 0.6 is 35.6 Å². The van der Waals surface area contributed by atoms with Crippen LogP contribution in [0.2, 0.25) is 5.02 Å². The lowest BCUT2D eigenvalue weighted by Gasteiger charge is -2.29. The summed E-state index contributed by atoms with van der Waals surface area (Å²) in [7, 11) is 1.73. The number of benzene rings is 2. The van der Waals surface area contributed by atoms with E-state index >= 15 is 0 Å². The van der Waals surface area contributed by atoms with Gasteiger partial charge in [-0.25, -0.2) is 0 Å². The molecule has 2 N–H and O–H groups in total. The van der Waals surface area contributed by atoms with E-state index in [-0.39, 0.29) is 36.5 Å². The first-order chi connectivity index (χ1) is 13.2. The minimum Gasteiger partial charge on any atom is -0.482 e. The van der Waals surface area contributed by atoms with Crippen LogP contribution < -0.4 is 20.3 Å². The molecule has 0 radical (unpaired) electrons. The number of hydrogen-bond donors (Lipinski definition) is 2. The van der Waals surface area contributed by atoms with Crippen molar-refractivity contribution in [2.45, 2.75) is 13.0 Å². The molecule has 150 valence electrons. The minimum absolute atomic E-state index is 0. The molecule has 1 aliphatic rings. The quantitative estimate of drug-likeness (QED) is 0.268. The van der Waals surface area contributed by atoms with Gasteiger partial charge in [-0.15, -0.1) is 24.0 Å². The van der Waals surface area contributed by atoms with Crippen LogP contribution in [-0.4, -0.2) is 38.6 Å². The maximum Gasteiger partial charge on any atom is 0.265 e. The van der Waals surface area contributed by atoms with Crippen molar-refractivity contribution in [3.8, 4) is 5.75 Å². The second-order valence-electron chi connectivity index (χ2n) is 6.10. The molecule has 3 rings (SSSR count). The number of carbonyl (C=O) groups excluding carboxylic acids is 1. The summed E-state index contributed by atoms with van der Waals surface area (Å²) in [5.41, 5.74) is 1.84. The van der Waals surface area contributed by atoms with Gasteiger partial charge < -0.3 is 20.3 Å². The topological polar surface area (TPSA) is 66.0 Å². The maximum absolute atomic E-state index is 12.2. The number of halogens is 2. The molecular formula is C20H24ClIN4O2. The van der Waals surface area contributed by atoms with Gasteiger partial charge in [0.25, 0.3) is 5.91 Å². The molecule has 1 aliphatic heterocycles. The number of carbonyl (C=O) groups is 1. The van der Waals surface area contributed by atoms with E-state index in [1.165, 1.54) is 0 Å². The van der Waals surface area contributed by atoms with Crippen LogP contribution in [0.1, 0.15) is 12.0 Å². The van der Waals surface area contributed by atoms with E-state index in [1.807, 2.05) is 48.5 Å². The minimum atomic E-state index is -0.0186. The van der Waals surface area contributed by atoms with Gasteiger partial charge in [0, 0.05) is 31.7 Å². The van der Waals surface area contributed by atoms with Gasteiger partial charge in [-0.3, -0.25) is 9.79 Å². The van der Waals surface area contributed by atoms with Crippen LogP contribution in [0, 0.1) is 0 Å². The van der Waals surface area contributed by atoms with E-state index in [0.29, 0.717) is 25.6 Å². The monoisotopic (exact) mass is 514 g/mol. The van der Waals surface area contributed by atoms with Crippen molar-refractivity contribution in [1.82, 2.24) is 10.6 Å². The molecule has 8 heteroatoms. The molecule has 0 spiro atoms. The van der Waals surface area contributed by atoms with Gasteiger partial charge >= 0.3 is 0 Å². The highest BCUT2D eigenvalue weighted by Gasteiger charge is 2.24. The number of hydrogen-bond acceptors (Lipinski definition) is 3. The van der Waals surface area contributed by atoms with Crippen molar-refractivity contribution >= 4 is 53.1 Å². The number of ether oxygens (including phenoxy) is 1. The van der Waals surface area contributed by atoms with Crippen LogP contribution in [0.4, 0.5) is 5.69 Å². The Balaban J connectivity index is 0.00000280. The number of fused-ring (bicyclic) bond motifs is 1. The van der Waals surface area contributed by atoms with E-state index in [0.717, 1.165) is 28.4 Å². The summed E-state index contributed by atoms with van der Waals surface area (Å²) in [5, 5.41) is 7.23. The first-order valence-corrected chi connectivity index (χ1v) is 9.27. The number of rotatable bonds is 6. The zero-order valence-corrected chi connectivity index (χ0v) is 18.7. The summed E-state index contributed by atoms with van der Waals surface area (Å²) >= 11 is 6.17. The molecule has 2 aromatic carbocycles. The molecule has 6 nitrogen and oxygen atoms in total. The van der Waals surface area contributed by atoms with Gasteiger partial charge in [0.2, 0.25) is 0 Å². The Hall–Kier alpha value is -2.00. The van der Waals surface area contributed by atoms with Crippen molar-refractivity contribution in [2.24, 2.45) is 4.99 Å². The molecular weight excluding hydrogens is 491 g/mol. The van der Waals surface area contributed by atoms with Gasteiger partial charge in [0.15, 0.2) is 12.6 Å². The molecule has 0 bridgehead atoms. The van der Waals surface area contributed by atoms with Crippen LogP contribution in [0.15, 0.2) is 53.5 Å². The summed E-state index contributed by atoms with van der Waals surface area (Å²) < 4.78 is 5.46. The first-order valence-electron chi connectivity index (χ1n) is 8.89. The van der Waals surface area contributed by atoms with Crippen LogP contribution in [0.25, 0.3) is 0 Å². The predicted octanol–water partition coefficient (Wildman–Crippen LogP) is 3.44. The fourth-order valence-corrected chi connectivity index (χ4v) is 3.09. The Morgan fingerprint density at radius 1 is 1.18 bits per heavy atom. The molecule has 1 heterocycles. The van der Waals surface area contributed by atoms with Gasteiger partial charge in [-0.1, -0.05) is 41.9 Å². The molecule has 0 saturated carbocycles. The lowest BCUT2D eigenvalue weighted by molar-refractivity contribution is -0.121. The van der Waals surface area contributed by atoms with Crippen molar-refractivity contribution in [2.75, 3.05) is 31.6 Å². The SMILES string of the molecule is CN=C(NCCCN1C(=O)COc2ccccc21)NCc1ccccc1Cl.I. The predicted molar refractivity (Wildman–Crippen MR) is 124 cm³/mol. The zero-order valence-electron chi connectivity index (χ0n) is 15.7. The summed E-state index contributed by atoms with van der Waals surface area (Å²) in [6.45, 7) is 1.99. The third-order valence-electron chi connectivity index (χ3n) is 4.29. The maximum atomic E-state index is 12.2. The second kappa shape index (κ2) is 11.1. The Bertz CT molecular complexity index is 831. The molecule has 0 unspecified atom stereocenters. The lowest BCUT2D eigenvalue weighted by atomic mass is 10.2. The number of anilines is 1. The summed E-state index contributed by atoms with van der Waals surface area (Å²) in [6, 6.07) is 15.3. The number of amides is 1. The van der Waals surface area contributed by atoms with Gasteiger partial charge in [0.1, 0.15) is 5.75 Å².